The van der Waals surface area contributed by atoms with Crippen LogP contribution in [0.4, 0.5) is 0 Å². The Kier molecular flexibility index (Phi) is 10.0. The number of unbranched alkanes of at least 4 members (excludes halogenated alkanes) is 1. The largest absolute Gasteiger partial charge is 0.384 e. The van der Waals surface area contributed by atoms with E-state index < -0.39 is 0 Å². The molecule has 0 aliphatic rings. The van der Waals surface area contributed by atoms with Crippen LogP contribution in [0, 0.1) is 11.8 Å². The first-order valence-electron chi connectivity index (χ1n) is 6.71. The van der Waals surface area contributed by atoms with Gasteiger partial charge in [0, 0.05) is 20.1 Å². The van der Waals surface area contributed by atoms with Gasteiger partial charge in [-0.1, -0.05) is 46.5 Å². The van der Waals surface area contributed by atoms with Crippen LogP contribution in [0.1, 0.15) is 52.9 Å². The molecule has 2 heteroatoms. The summed E-state index contributed by atoms with van der Waals surface area (Å²) in [6.07, 6.45) is 6.76. The molecule has 0 aromatic carbocycles. The molecule has 3 unspecified atom stereocenters. The normalized spacial score (nSPS) is 17.1. The van der Waals surface area contributed by atoms with Gasteiger partial charge in [-0.25, -0.2) is 0 Å². The molecule has 0 radical (unpaired) electrons. The Bertz CT molecular complexity index is 148. The zero-order valence-corrected chi connectivity index (χ0v) is 11.8. The Morgan fingerprint density at radius 2 is 1.81 bits per heavy atom. The van der Waals surface area contributed by atoms with Gasteiger partial charge < -0.3 is 9.47 Å². The first-order chi connectivity index (χ1) is 7.69. The third-order valence-corrected chi connectivity index (χ3v) is 3.48. The standard InChI is InChI=1S/C14H30O2/c1-6-8-9-13(7-2)10-14(16-5)12(3)11-15-4/h12-14H,6-11H2,1-5H3. The van der Waals surface area contributed by atoms with Crippen molar-refractivity contribution in [2.45, 2.75) is 59.0 Å². The molecule has 0 bridgehead atoms. The lowest BCUT2D eigenvalue weighted by Crippen LogP contribution is -2.26. The topological polar surface area (TPSA) is 18.5 Å². The predicted molar refractivity (Wildman–Crippen MR) is 69.8 cm³/mol. The van der Waals surface area contributed by atoms with Crippen molar-refractivity contribution >= 4 is 0 Å². The minimum Gasteiger partial charge on any atom is -0.384 e. The van der Waals surface area contributed by atoms with E-state index in [1.54, 1.807) is 7.11 Å². The Hall–Kier alpha value is -0.0800. The molecule has 98 valence electrons. The summed E-state index contributed by atoms with van der Waals surface area (Å²) in [6, 6.07) is 0. The van der Waals surface area contributed by atoms with E-state index in [1.807, 2.05) is 7.11 Å². The van der Waals surface area contributed by atoms with E-state index >= 15 is 0 Å². The van der Waals surface area contributed by atoms with Gasteiger partial charge in [0.1, 0.15) is 0 Å². The third-order valence-electron chi connectivity index (χ3n) is 3.48. The maximum Gasteiger partial charge on any atom is 0.0621 e. The number of ether oxygens (including phenoxy) is 2. The molecule has 0 amide bonds. The van der Waals surface area contributed by atoms with Crippen LogP contribution in [0.3, 0.4) is 0 Å². The highest BCUT2D eigenvalue weighted by Gasteiger charge is 2.20. The van der Waals surface area contributed by atoms with Crippen LogP contribution in [0.15, 0.2) is 0 Å². The highest BCUT2D eigenvalue weighted by molar-refractivity contribution is 4.70. The Labute approximate surface area is 102 Å². The van der Waals surface area contributed by atoms with Crippen LogP contribution < -0.4 is 0 Å². The summed E-state index contributed by atoms with van der Waals surface area (Å²) in [4.78, 5) is 0. The van der Waals surface area contributed by atoms with Crippen LogP contribution in [0.2, 0.25) is 0 Å². The van der Waals surface area contributed by atoms with E-state index in [-0.39, 0.29) is 0 Å². The summed E-state index contributed by atoms with van der Waals surface area (Å²) in [5.74, 6) is 1.30. The molecule has 3 atom stereocenters. The summed E-state index contributed by atoms with van der Waals surface area (Å²) in [5.41, 5.74) is 0. The van der Waals surface area contributed by atoms with Crippen molar-refractivity contribution in [1.29, 1.82) is 0 Å². The molecule has 0 aliphatic carbocycles. The fourth-order valence-corrected chi connectivity index (χ4v) is 2.24. The third kappa shape index (κ3) is 6.49. The Morgan fingerprint density at radius 1 is 1.12 bits per heavy atom. The number of methoxy groups -OCH3 is 2. The fourth-order valence-electron chi connectivity index (χ4n) is 2.24. The zero-order chi connectivity index (χ0) is 12.4. The van der Waals surface area contributed by atoms with Gasteiger partial charge in [0.25, 0.3) is 0 Å². The first-order valence-corrected chi connectivity index (χ1v) is 6.71. The van der Waals surface area contributed by atoms with Crippen LogP contribution in [-0.4, -0.2) is 26.9 Å². The second-order valence-corrected chi connectivity index (χ2v) is 4.86. The van der Waals surface area contributed by atoms with E-state index in [1.165, 1.54) is 32.1 Å². The molecule has 16 heavy (non-hydrogen) atoms. The van der Waals surface area contributed by atoms with Gasteiger partial charge in [-0.3, -0.25) is 0 Å². The van der Waals surface area contributed by atoms with Crippen molar-refractivity contribution in [2.24, 2.45) is 11.8 Å². The monoisotopic (exact) mass is 230 g/mol. The smallest absolute Gasteiger partial charge is 0.0621 e. The zero-order valence-electron chi connectivity index (χ0n) is 11.8. The van der Waals surface area contributed by atoms with Gasteiger partial charge in [-0.05, 0) is 12.3 Å². The van der Waals surface area contributed by atoms with Crippen LogP contribution in [0.5, 0.6) is 0 Å². The molecule has 0 heterocycles. The molecular formula is C14H30O2. The highest BCUT2D eigenvalue weighted by atomic mass is 16.5. The quantitative estimate of drug-likeness (QED) is 0.567. The minimum atomic E-state index is 0.349. The lowest BCUT2D eigenvalue weighted by Gasteiger charge is -2.26. The maximum absolute atomic E-state index is 5.60. The van der Waals surface area contributed by atoms with Crippen molar-refractivity contribution in [2.75, 3.05) is 20.8 Å². The van der Waals surface area contributed by atoms with Crippen LogP contribution in [-0.2, 0) is 9.47 Å². The molecule has 0 aromatic heterocycles. The van der Waals surface area contributed by atoms with Crippen LogP contribution in [0.25, 0.3) is 0 Å². The maximum atomic E-state index is 5.60. The molecule has 0 rings (SSSR count). The lowest BCUT2D eigenvalue weighted by atomic mass is 9.89. The van der Waals surface area contributed by atoms with Crippen molar-refractivity contribution in [3.63, 3.8) is 0 Å². The number of rotatable bonds is 10. The van der Waals surface area contributed by atoms with E-state index in [4.69, 9.17) is 9.47 Å². The van der Waals surface area contributed by atoms with E-state index in [9.17, 15) is 0 Å². The fraction of sp³-hybridized carbons (Fsp3) is 1.00. The van der Waals surface area contributed by atoms with E-state index in [2.05, 4.69) is 20.8 Å². The van der Waals surface area contributed by atoms with Crippen molar-refractivity contribution < 1.29 is 9.47 Å². The van der Waals surface area contributed by atoms with Gasteiger partial charge in [0.2, 0.25) is 0 Å². The average molecular weight is 230 g/mol. The van der Waals surface area contributed by atoms with E-state index in [0.717, 1.165) is 12.5 Å². The summed E-state index contributed by atoms with van der Waals surface area (Å²) in [7, 11) is 3.58. The SMILES string of the molecule is CCCCC(CC)CC(OC)C(C)COC. The van der Waals surface area contributed by atoms with E-state index in [0.29, 0.717) is 12.0 Å². The van der Waals surface area contributed by atoms with Gasteiger partial charge in [0.15, 0.2) is 0 Å². The molecule has 0 N–H and O–H groups in total. The molecule has 0 fully saturated rings. The molecular weight excluding hydrogens is 200 g/mol. The summed E-state index contributed by atoms with van der Waals surface area (Å²) in [6.45, 7) is 7.55. The molecule has 2 nitrogen and oxygen atoms in total. The van der Waals surface area contributed by atoms with Gasteiger partial charge >= 0.3 is 0 Å². The number of hydrogen-bond donors (Lipinski definition) is 0. The predicted octanol–water partition coefficient (Wildman–Crippen LogP) is 3.89. The van der Waals surface area contributed by atoms with Gasteiger partial charge in [-0.15, -0.1) is 0 Å². The van der Waals surface area contributed by atoms with Gasteiger partial charge in [-0.2, -0.15) is 0 Å². The summed E-state index contributed by atoms with van der Waals surface area (Å²) >= 11 is 0. The molecule has 0 aliphatic heterocycles. The molecule has 0 saturated heterocycles. The second-order valence-electron chi connectivity index (χ2n) is 4.86. The Balaban J connectivity index is 4.04. The molecule has 0 saturated carbocycles. The average Bonchev–Trinajstić information content (AvgIpc) is 2.30. The minimum absolute atomic E-state index is 0.349. The van der Waals surface area contributed by atoms with Crippen molar-refractivity contribution in [3.8, 4) is 0 Å². The van der Waals surface area contributed by atoms with Crippen LogP contribution >= 0.6 is 0 Å². The van der Waals surface area contributed by atoms with Crippen molar-refractivity contribution in [1.82, 2.24) is 0 Å². The molecule has 0 spiro atoms. The second kappa shape index (κ2) is 10.1. The Morgan fingerprint density at radius 3 is 2.25 bits per heavy atom. The first kappa shape index (κ1) is 15.9. The summed E-state index contributed by atoms with van der Waals surface area (Å²) < 4.78 is 10.8. The van der Waals surface area contributed by atoms with Crippen molar-refractivity contribution in [3.05, 3.63) is 0 Å². The van der Waals surface area contributed by atoms with Gasteiger partial charge in [0.05, 0.1) is 12.7 Å². The number of hydrogen-bond acceptors (Lipinski definition) is 2. The summed E-state index contributed by atoms with van der Waals surface area (Å²) in [5, 5.41) is 0. The molecule has 0 aromatic rings. The highest BCUT2D eigenvalue weighted by Crippen LogP contribution is 2.23. The lowest BCUT2D eigenvalue weighted by molar-refractivity contribution is 0.00604.